The van der Waals surface area contributed by atoms with Gasteiger partial charge >= 0.3 is 0 Å². The van der Waals surface area contributed by atoms with Crippen molar-refractivity contribution in [3.05, 3.63) is 59.4 Å². The van der Waals surface area contributed by atoms with Gasteiger partial charge in [-0.1, -0.05) is 0 Å². The van der Waals surface area contributed by atoms with Crippen LogP contribution < -0.4 is 10.6 Å². The minimum atomic E-state index is -1.03. The number of aromatic nitrogens is 1. The fourth-order valence-corrected chi connectivity index (χ4v) is 4.55. The van der Waals surface area contributed by atoms with Gasteiger partial charge in [-0.2, -0.15) is 0 Å². The number of nitrogens with one attached hydrogen (secondary N) is 3. The number of fused-ring (bicyclic) bond motifs is 1. The molecule has 1 saturated carbocycles. The van der Waals surface area contributed by atoms with Gasteiger partial charge in [-0.05, 0) is 60.2 Å². The second-order valence-corrected chi connectivity index (χ2v) is 8.27. The molecule has 0 spiro atoms. The maximum absolute atomic E-state index is 14.4. The van der Waals surface area contributed by atoms with E-state index in [0.29, 0.717) is 35.0 Å². The van der Waals surface area contributed by atoms with Crippen LogP contribution in [0, 0.1) is 23.4 Å². The van der Waals surface area contributed by atoms with Gasteiger partial charge in [0.25, 0.3) is 0 Å². The standard InChI is InChI=1S/C23H18F3N3O3/c24-12-3-1-10(2-4-12)20-19(15-7-13(25)8-17(26)21(15)29-20)11-5-14(6-11)27-22(31)16-9-18(30)28-23(16)32/h1-4,7-8,11,14,16,29H,5-6,9H2,(H,27,31)(H,28,30,32)/t11-,14-,16?. The van der Waals surface area contributed by atoms with Crippen molar-refractivity contribution < 1.29 is 27.6 Å². The van der Waals surface area contributed by atoms with Crippen LogP contribution in [-0.4, -0.2) is 28.7 Å². The zero-order chi connectivity index (χ0) is 22.6. The summed E-state index contributed by atoms with van der Waals surface area (Å²) in [6, 6.07) is 7.53. The van der Waals surface area contributed by atoms with Crippen LogP contribution in [-0.2, 0) is 14.4 Å². The Morgan fingerprint density at radius 3 is 2.38 bits per heavy atom. The third-order valence-electron chi connectivity index (χ3n) is 6.18. The molecule has 1 aliphatic heterocycles. The molecule has 3 aromatic rings. The summed E-state index contributed by atoms with van der Waals surface area (Å²) in [7, 11) is 0. The van der Waals surface area contributed by atoms with Gasteiger partial charge in [0.1, 0.15) is 23.4 Å². The third kappa shape index (κ3) is 3.43. The summed E-state index contributed by atoms with van der Waals surface area (Å²) in [4.78, 5) is 38.4. The summed E-state index contributed by atoms with van der Waals surface area (Å²) in [5, 5.41) is 5.29. The molecular formula is C23H18F3N3O3. The van der Waals surface area contributed by atoms with E-state index in [1.165, 1.54) is 18.2 Å². The van der Waals surface area contributed by atoms with Gasteiger partial charge in [-0.3, -0.25) is 19.7 Å². The molecule has 2 fully saturated rings. The highest BCUT2D eigenvalue weighted by atomic mass is 19.1. The molecule has 2 heterocycles. The number of carbonyl (C=O) groups is 3. The average molecular weight is 441 g/mol. The zero-order valence-electron chi connectivity index (χ0n) is 16.7. The summed E-state index contributed by atoms with van der Waals surface area (Å²) in [6.07, 6.45) is 0.817. The van der Waals surface area contributed by atoms with Crippen LogP contribution in [0.25, 0.3) is 22.2 Å². The van der Waals surface area contributed by atoms with Crippen LogP contribution in [0.5, 0.6) is 0 Å². The van der Waals surface area contributed by atoms with Gasteiger partial charge in [-0.15, -0.1) is 0 Å². The van der Waals surface area contributed by atoms with Crippen LogP contribution in [0.4, 0.5) is 13.2 Å². The number of hydrogen-bond acceptors (Lipinski definition) is 3. The van der Waals surface area contributed by atoms with Gasteiger partial charge in [0.2, 0.25) is 17.7 Å². The van der Waals surface area contributed by atoms with Gasteiger partial charge in [0.15, 0.2) is 0 Å². The number of aromatic amines is 1. The van der Waals surface area contributed by atoms with Crippen molar-refractivity contribution in [3.63, 3.8) is 0 Å². The lowest BCUT2D eigenvalue weighted by Crippen LogP contribution is -2.47. The molecule has 3 N–H and O–H groups in total. The molecule has 1 unspecified atom stereocenters. The van der Waals surface area contributed by atoms with Crippen LogP contribution in [0.1, 0.15) is 30.7 Å². The smallest absolute Gasteiger partial charge is 0.239 e. The molecule has 164 valence electrons. The van der Waals surface area contributed by atoms with E-state index in [1.54, 1.807) is 12.1 Å². The van der Waals surface area contributed by atoms with E-state index in [0.717, 1.165) is 6.07 Å². The van der Waals surface area contributed by atoms with E-state index in [1.807, 2.05) is 0 Å². The SMILES string of the molecule is O=C1CC(C(=O)N[C@H]2C[C@H](c3c(-c4ccc(F)cc4)[nH]c4c(F)cc(F)cc43)C2)C(=O)N1. The number of imide groups is 1. The molecule has 1 atom stereocenters. The molecule has 1 aliphatic carbocycles. The predicted molar refractivity (Wildman–Crippen MR) is 109 cm³/mol. The van der Waals surface area contributed by atoms with E-state index < -0.39 is 41.1 Å². The van der Waals surface area contributed by atoms with Crippen LogP contribution in [0.2, 0.25) is 0 Å². The minimum Gasteiger partial charge on any atom is -0.353 e. The van der Waals surface area contributed by atoms with Crippen LogP contribution in [0.15, 0.2) is 36.4 Å². The number of halogens is 3. The molecule has 2 aromatic carbocycles. The summed E-state index contributed by atoms with van der Waals surface area (Å²) < 4.78 is 41.8. The van der Waals surface area contributed by atoms with Crippen molar-refractivity contribution in [3.8, 4) is 11.3 Å². The third-order valence-corrected chi connectivity index (χ3v) is 6.18. The van der Waals surface area contributed by atoms with Crippen molar-refractivity contribution in [2.45, 2.75) is 31.2 Å². The molecule has 2 aliphatic rings. The number of hydrogen-bond donors (Lipinski definition) is 3. The molecule has 1 saturated heterocycles. The van der Waals surface area contributed by atoms with Crippen molar-refractivity contribution >= 4 is 28.6 Å². The van der Waals surface area contributed by atoms with E-state index in [9.17, 15) is 27.6 Å². The van der Waals surface area contributed by atoms with Gasteiger partial charge in [0.05, 0.1) is 11.2 Å². The number of amides is 3. The second-order valence-electron chi connectivity index (χ2n) is 8.27. The van der Waals surface area contributed by atoms with E-state index in [4.69, 9.17) is 0 Å². The Hall–Kier alpha value is -3.62. The van der Waals surface area contributed by atoms with Gasteiger partial charge in [-0.25, -0.2) is 13.2 Å². The maximum Gasteiger partial charge on any atom is 0.239 e. The first-order valence-electron chi connectivity index (χ1n) is 10.2. The first-order chi connectivity index (χ1) is 15.3. The van der Waals surface area contributed by atoms with E-state index in [2.05, 4.69) is 15.6 Å². The Bertz CT molecular complexity index is 1260. The van der Waals surface area contributed by atoms with E-state index in [-0.39, 0.29) is 23.9 Å². The fourth-order valence-electron chi connectivity index (χ4n) is 4.55. The Balaban J connectivity index is 1.42. The Morgan fingerprint density at radius 2 is 1.72 bits per heavy atom. The predicted octanol–water partition coefficient (Wildman–Crippen LogP) is 3.28. The summed E-state index contributed by atoms with van der Waals surface area (Å²) >= 11 is 0. The summed E-state index contributed by atoms with van der Waals surface area (Å²) in [6.45, 7) is 0. The highest BCUT2D eigenvalue weighted by Gasteiger charge is 2.40. The molecule has 9 heteroatoms. The molecular weight excluding hydrogens is 423 g/mol. The Labute approximate surface area is 180 Å². The molecule has 6 nitrogen and oxygen atoms in total. The molecule has 0 bridgehead atoms. The normalized spacial score (nSPS) is 22.7. The first-order valence-corrected chi connectivity index (χ1v) is 10.2. The molecule has 0 radical (unpaired) electrons. The van der Waals surface area contributed by atoms with Crippen molar-refractivity contribution in [2.75, 3.05) is 0 Å². The Kier molecular flexibility index (Phi) is 4.76. The van der Waals surface area contributed by atoms with Crippen LogP contribution >= 0.6 is 0 Å². The highest BCUT2D eigenvalue weighted by molar-refractivity contribution is 6.13. The largest absolute Gasteiger partial charge is 0.353 e. The maximum atomic E-state index is 14.4. The lowest BCUT2D eigenvalue weighted by atomic mass is 9.74. The second kappa shape index (κ2) is 7.51. The molecule has 32 heavy (non-hydrogen) atoms. The minimum absolute atomic E-state index is 0.116. The summed E-state index contributed by atoms with van der Waals surface area (Å²) in [5.41, 5.74) is 2.06. The molecule has 3 amide bonds. The lowest BCUT2D eigenvalue weighted by Gasteiger charge is -2.37. The highest BCUT2D eigenvalue weighted by Crippen LogP contribution is 2.45. The fraction of sp³-hybridized carbons (Fsp3) is 0.261. The number of carbonyl (C=O) groups excluding carboxylic acids is 3. The molecule has 5 rings (SSSR count). The van der Waals surface area contributed by atoms with E-state index >= 15 is 0 Å². The van der Waals surface area contributed by atoms with Crippen molar-refractivity contribution in [1.29, 1.82) is 0 Å². The number of H-pyrrole nitrogens is 1. The van der Waals surface area contributed by atoms with Crippen molar-refractivity contribution in [2.24, 2.45) is 5.92 Å². The van der Waals surface area contributed by atoms with Gasteiger partial charge in [0, 0.05) is 23.9 Å². The van der Waals surface area contributed by atoms with Crippen LogP contribution in [0.3, 0.4) is 0 Å². The number of rotatable bonds is 4. The van der Waals surface area contributed by atoms with Crippen molar-refractivity contribution in [1.82, 2.24) is 15.6 Å². The average Bonchev–Trinajstić information content (AvgIpc) is 3.24. The van der Waals surface area contributed by atoms with Gasteiger partial charge < -0.3 is 10.3 Å². The quantitative estimate of drug-likeness (QED) is 0.429. The topological polar surface area (TPSA) is 91.1 Å². The lowest BCUT2D eigenvalue weighted by molar-refractivity contribution is -0.133. The Morgan fingerprint density at radius 1 is 1.00 bits per heavy atom. The first kappa shape index (κ1) is 20.3. The summed E-state index contributed by atoms with van der Waals surface area (Å²) in [5.74, 6) is -4.59. The monoisotopic (exact) mass is 441 g/mol. The number of benzene rings is 2. The zero-order valence-corrected chi connectivity index (χ0v) is 16.7. The molecule has 1 aromatic heterocycles.